The van der Waals surface area contributed by atoms with Crippen LogP contribution in [0.1, 0.15) is 34.2 Å². The molecule has 8 aromatic rings. The van der Waals surface area contributed by atoms with Gasteiger partial charge in [0.05, 0.1) is 5.41 Å². The lowest BCUT2D eigenvalue weighted by molar-refractivity contribution is 0.782. The van der Waals surface area contributed by atoms with Gasteiger partial charge >= 0.3 is 0 Å². The fourth-order valence-electron chi connectivity index (χ4n) is 8.94. The van der Waals surface area contributed by atoms with Crippen LogP contribution in [-0.2, 0) is 11.2 Å². The second kappa shape index (κ2) is 12.8. The molecule has 1 unspecified atom stereocenters. The molecule has 0 bridgehead atoms. The Labute approximate surface area is 314 Å². The Balaban J connectivity index is 1.30. The van der Waals surface area contributed by atoms with Crippen LogP contribution in [-0.4, -0.2) is 0 Å². The van der Waals surface area contributed by atoms with E-state index in [1.165, 1.54) is 82.4 Å². The van der Waals surface area contributed by atoms with Gasteiger partial charge in [-0.1, -0.05) is 176 Å². The normalized spacial score (nSPS) is 16.3. The summed E-state index contributed by atoms with van der Waals surface area (Å²) < 4.78 is 0. The summed E-state index contributed by atoms with van der Waals surface area (Å²) in [5.41, 5.74) is 18.4. The van der Waals surface area contributed by atoms with E-state index in [4.69, 9.17) is 5.73 Å². The van der Waals surface area contributed by atoms with Crippen molar-refractivity contribution in [3.8, 4) is 22.3 Å². The van der Waals surface area contributed by atoms with Gasteiger partial charge in [-0.05, 0) is 101 Å². The maximum absolute atomic E-state index is 6.49. The Morgan fingerprint density at radius 3 is 1.96 bits per heavy atom. The molecule has 0 heterocycles. The van der Waals surface area contributed by atoms with Gasteiger partial charge in [-0.25, -0.2) is 0 Å². The molecular weight excluding hydrogens is 659 g/mol. The third kappa shape index (κ3) is 5.01. The first-order valence-electron chi connectivity index (χ1n) is 18.4. The van der Waals surface area contributed by atoms with Crippen molar-refractivity contribution >= 4 is 44.1 Å². The highest BCUT2D eigenvalue weighted by atomic mass is 32.2. The molecule has 0 aromatic heterocycles. The van der Waals surface area contributed by atoms with Gasteiger partial charge in [0.2, 0.25) is 0 Å². The maximum atomic E-state index is 6.49. The van der Waals surface area contributed by atoms with Crippen molar-refractivity contribution in [2.24, 2.45) is 5.73 Å². The highest BCUT2D eigenvalue weighted by molar-refractivity contribution is 8.02. The van der Waals surface area contributed by atoms with Gasteiger partial charge < -0.3 is 5.73 Å². The lowest BCUT2D eigenvalue weighted by Crippen LogP contribution is -2.29. The van der Waals surface area contributed by atoms with Crippen molar-refractivity contribution in [3.05, 3.63) is 227 Å². The largest absolute Gasteiger partial charge is 0.398 e. The van der Waals surface area contributed by atoms with Crippen molar-refractivity contribution in [3.63, 3.8) is 0 Å². The highest BCUT2D eigenvalue weighted by Crippen LogP contribution is 2.59. The molecule has 2 N–H and O–H groups in total. The van der Waals surface area contributed by atoms with Crippen LogP contribution in [0.4, 0.5) is 0 Å². The number of nitrogens with two attached hydrogens (primary N) is 1. The van der Waals surface area contributed by atoms with E-state index in [0.29, 0.717) is 0 Å². The standard InChI is InChI=1S/C51H37NS/c52-47-25-5-2-6-26-48(47)53-33-34-27-30-40-39-19-13-14-24-45(39)51(46(40)31-34,38-17-3-1-4-18-38)50-43-22-11-9-20-41(43)49(42-21-10-12-23-44(42)50)37-29-28-35-15-7-8-16-36(35)32-37/h1,3-32H,2,33,52H2. The van der Waals surface area contributed by atoms with Crippen LogP contribution in [0.3, 0.4) is 0 Å². The summed E-state index contributed by atoms with van der Waals surface area (Å²) in [5, 5.41) is 7.58. The maximum Gasteiger partial charge on any atom is 0.0725 e. The molecule has 0 radical (unpaired) electrons. The molecule has 252 valence electrons. The number of rotatable bonds is 6. The van der Waals surface area contributed by atoms with Crippen LogP contribution in [0.2, 0.25) is 0 Å². The molecule has 0 saturated carbocycles. The fourth-order valence-corrected chi connectivity index (χ4v) is 9.87. The van der Waals surface area contributed by atoms with Gasteiger partial charge in [0.25, 0.3) is 0 Å². The SMILES string of the molecule is NC1=C(SCc2ccc3c(c2)C(c2ccccc2)(c2c4ccccc4c(-c4ccc5ccccc5c4)c4ccccc24)c2ccccc2-3)C=CCC=C1. The average molecular weight is 696 g/mol. The van der Waals surface area contributed by atoms with Crippen molar-refractivity contribution in [2.45, 2.75) is 17.6 Å². The van der Waals surface area contributed by atoms with E-state index in [2.05, 4.69) is 182 Å². The molecule has 0 aliphatic heterocycles. The monoisotopic (exact) mass is 695 g/mol. The number of benzene rings is 8. The summed E-state index contributed by atoms with van der Waals surface area (Å²) in [7, 11) is 0. The van der Waals surface area contributed by atoms with E-state index < -0.39 is 5.41 Å². The minimum Gasteiger partial charge on any atom is -0.398 e. The molecule has 0 amide bonds. The molecule has 1 nitrogen and oxygen atoms in total. The Kier molecular flexibility index (Phi) is 7.66. The van der Waals surface area contributed by atoms with E-state index in [1.807, 2.05) is 17.8 Å². The predicted molar refractivity (Wildman–Crippen MR) is 227 cm³/mol. The summed E-state index contributed by atoms with van der Waals surface area (Å²) in [6.07, 6.45) is 9.44. The molecule has 1 atom stereocenters. The average Bonchev–Trinajstić information content (AvgIpc) is 3.33. The van der Waals surface area contributed by atoms with Crippen LogP contribution in [0.15, 0.2) is 199 Å². The zero-order valence-corrected chi connectivity index (χ0v) is 30.1. The number of hydrogen-bond acceptors (Lipinski definition) is 2. The quantitative estimate of drug-likeness (QED) is 0.175. The van der Waals surface area contributed by atoms with Gasteiger partial charge in [-0.15, -0.1) is 11.8 Å². The molecule has 2 heteroatoms. The molecule has 0 saturated heterocycles. The highest BCUT2D eigenvalue weighted by Gasteiger charge is 2.48. The molecule has 0 fully saturated rings. The summed E-state index contributed by atoms with van der Waals surface area (Å²) >= 11 is 1.81. The molecule has 10 rings (SSSR count). The first kappa shape index (κ1) is 31.6. The van der Waals surface area contributed by atoms with Gasteiger partial charge in [0, 0.05) is 16.4 Å². The first-order chi connectivity index (χ1) is 26.2. The fraction of sp³-hybridized carbons (Fsp3) is 0.0588. The summed E-state index contributed by atoms with van der Waals surface area (Å²) in [6, 6.07) is 61.2. The number of allylic oxidation sites excluding steroid dienone is 4. The van der Waals surface area contributed by atoms with E-state index in [0.717, 1.165) is 22.8 Å². The second-order valence-electron chi connectivity index (χ2n) is 14.1. The topological polar surface area (TPSA) is 26.0 Å². The number of hydrogen-bond donors (Lipinski definition) is 1. The summed E-state index contributed by atoms with van der Waals surface area (Å²) in [6.45, 7) is 0. The Bertz CT molecular complexity index is 2770. The predicted octanol–water partition coefficient (Wildman–Crippen LogP) is 13.1. The molecule has 0 spiro atoms. The summed E-state index contributed by atoms with van der Waals surface area (Å²) in [5.74, 6) is 0.825. The third-order valence-electron chi connectivity index (χ3n) is 11.2. The van der Waals surface area contributed by atoms with Crippen LogP contribution >= 0.6 is 11.8 Å². The Morgan fingerprint density at radius 1 is 0.528 bits per heavy atom. The molecule has 2 aliphatic rings. The minimum atomic E-state index is -0.571. The lowest BCUT2D eigenvalue weighted by Gasteiger charge is -2.36. The van der Waals surface area contributed by atoms with Crippen LogP contribution < -0.4 is 5.73 Å². The van der Waals surface area contributed by atoms with Crippen molar-refractivity contribution in [1.82, 2.24) is 0 Å². The first-order valence-corrected chi connectivity index (χ1v) is 19.4. The van der Waals surface area contributed by atoms with E-state index in [9.17, 15) is 0 Å². The second-order valence-corrected chi connectivity index (χ2v) is 15.1. The van der Waals surface area contributed by atoms with E-state index in [1.54, 1.807) is 0 Å². The summed E-state index contributed by atoms with van der Waals surface area (Å²) in [4.78, 5) is 1.12. The Morgan fingerprint density at radius 2 is 1.17 bits per heavy atom. The van der Waals surface area contributed by atoms with E-state index >= 15 is 0 Å². The molecule has 2 aliphatic carbocycles. The van der Waals surface area contributed by atoms with Gasteiger partial charge in [0.15, 0.2) is 0 Å². The van der Waals surface area contributed by atoms with Crippen molar-refractivity contribution in [1.29, 1.82) is 0 Å². The third-order valence-corrected chi connectivity index (χ3v) is 12.3. The van der Waals surface area contributed by atoms with Crippen molar-refractivity contribution in [2.75, 3.05) is 0 Å². The molecular formula is C51H37NS. The van der Waals surface area contributed by atoms with Gasteiger partial charge in [-0.2, -0.15) is 0 Å². The zero-order valence-electron chi connectivity index (χ0n) is 29.3. The Hall–Kier alpha value is -6.09. The van der Waals surface area contributed by atoms with Crippen LogP contribution in [0.5, 0.6) is 0 Å². The van der Waals surface area contributed by atoms with Crippen LogP contribution in [0.25, 0.3) is 54.6 Å². The molecule has 8 aromatic carbocycles. The van der Waals surface area contributed by atoms with Crippen LogP contribution in [0, 0.1) is 0 Å². The number of thioether (sulfide) groups is 1. The zero-order chi connectivity index (χ0) is 35.4. The van der Waals surface area contributed by atoms with Crippen molar-refractivity contribution < 1.29 is 0 Å². The smallest absolute Gasteiger partial charge is 0.0725 e. The lowest BCUT2D eigenvalue weighted by atomic mass is 9.64. The van der Waals surface area contributed by atoms with E-state index in [-0.39, 0.29) is 0 Å². The number of fused-ring (bicyclic) bond motifs is 6. The molecule has 53 heavy (non-hydrogen) atoms. The minimum absolute atomic E-state index is 0.571. The van der Waals surface area contributed by atoms with Gasteiger partial charge in [0.1, 0.15) is 0 Å². The van der Waals surface area contributed by atoms with Gasteiger partial charge in [-0.3, -0.25) is 0 Å².